The molecule has 1 N–H and O–H groups in total. The predicted molar refractivity (Wildman–Crippen MR) is 83.9 cm³/mol. The van der Waals surface area contributed by atoms with Gasteiger partial charge >= 0.3 is 12.3 Å². The number of hydrogen-bond donors (Lipinski definition) is 1. The number of ether oxygens (including phenoxy) is 2. The van der Waals surface area contributed by atoms with Crippen LogP contribution in [0.4, 0.5) is 18.9 Å². The zero-order valence-electron chi connectivity index (χ0n) is 14.0. The molecular weight excluding hydrogens is 359 g/mol. The molecule has 26 heavy (non-hydrogen) atoms. The minimum absolute atomic E-state index is 0.0241. The van der Waals surface area contributed by atoms with Gasteiger partial charge in [0.25, 0.3) is 5.69 Å². The van der Waals surface area contributed by atoms with Crippen molar-refractivity contribution in [2.75, 3.05) is 32.8 Å². The molecule has 11 heteroatoms. The third-order valence-corrected chi connectivity index (χ3v) is 3.70. The number of rotatable bonds is 6. The number of carbonyl (C=O) groups excluding carboxylic acids is 1. The van der Waals surface area contributed by atoms with Gasteiger partial charge in [0.05, 0.1) is 11.5 Å². The molecule has 1 aromatic rings. The van der Waals surface area contributed by atoms with Gasteiger partial charge in [0.15, 0.2) is 0 Å². The van der Waals surface area contributed by atoms with Crippen LogP contribution in [0.25, 0.3) is 0 Å². The fourth-order valence-electron chi connectivity index (χ4n) is 2.59. The largest absolute Gasteiger partial charge is 0.573 e. The highest BCUT2D eigenvalue weighted by Crippen LogP contribution is 2.34. The van der Waals surface area contributed by atoms with Crippen LogP contribution < -0.4 is 10.1 Å². The highest BCUT2D eigenvalue weighted by Gasteiger charge is 2.34. The lowest BCUT2D eigenvalue weighted by Gasteiger charge is -2.28. The minimum Gasteiger partial charge on any atom is -0.462 e. The molecule has 0 amide bonds. The van der Waals surface area contributed by atoms with Gasteiger partial charge in [-0.25, -0.2) is 4.79 Å². The van der Waals surface area contributed by atoms with E-state index in [1.165, 1.54) is 6.92 Å². The second-order valence-electron chi connectivity index (χ2n) is 5.53. The van der Waals surface area contributed by atoms with Crippen LogP contribution >= 0.6 is 0 Å². The number of benzene rings is 1. The number of carbonyl (C=O) groups is 1. The van der Waals surface area contributed by atoms with Gasteiger partial charge in [0, 0.05) is 50.4 Å². The first-order valence-corrected chi connectivity index (χ1v) is 7.88. The summed E-state index contributed by atoms with van der Waals surface area (Å²) in [4.78, 5) is 24.2. The van der Waals surface area contributed by atoms with Crippen molar-refractivity contribution < 1.29 is 32.4 Å². The van der Waals surface area contributed by atoms with Crippen LogP contribution in [-0.4, -0.2) is 54.9 Å². The fraction of sp³-hybridized carbons (Fsp3) is 0.533. The molecule has 8 nitrogen and oxygen atoms in total. The summed E-state index contributed by atoms with van der Waals surface area (Å²) in [5, 5.41) is 14.4. The average Bonchev–Trinajstić information content (AvgIpc) is 2.55. The Morgan fingerprint density at radius 1 is 1.35 bits per heavy atom. The third-order valence-electron chi connectivity index (χ3n) is 3.70. The van der Waals surface area contributed by atoms with E-state index in [9.17, 15) is 28.1 Å². The monoisotopic (exact) mass is 377 g/mol. The number of nitrogens with one attached hydrogen (secondary N) is 1. The van der Waals surface area contributed by atoms with E-state index in [4.69, 9.17) is 4.74 Å². The van der Waals surface area contributed by atoms with Gasteiger partial charge in [0.2, 0.25) is 0 Å². The molecule has 1 heterocycles. The van der Waals surface area contributed by atoms with Crippen molar-refractivity contribution in [2.24, 2.45) is 0 Å². The van der Waals surface area contributed by atoms with E-state index >= 15 is 0 Å². The summed E-state index contributed by atoms with van der Waals surface area (Å²) in [6.07, 6.45) is -5.00. The van der Waals surface area contributed by atoms with Crippen LogP contribution in [0.1, 0.15) is 22.8 Å². The predicted octanol–water partition coefficient (Wildman–Crippen LogP) is 2.08. The number of piperazine rings is 1. The zero-order valence-corrected chi connectivity index (χ0v) is 14.0. The highest BCUT2D eigenvalue weighted by molar-refractivity contribution is 5.94. The maximum absolute atomic E-state index is 12.7. The second-order valence-corrected chi connectivity index (χ2v) is 5.53. The van der Waals surface area contributed by atoms with Gasteiger partial charge in [-0.3, -0.25) is 15.0 Å². The van der Waals surface area contributed by atoms with Gasteiger partial charge in [-0.15, -0.1) is 13.2 Å². The van der Waals surface area contributed by atoms with Crippen LogP contribution in [0.5, 0.6) is 5.75 Å². The first kappa shape index (κ1) is 19.9. The van der Waals surface area contributed by atoms with Crippen LogP contribution in [0.3, 0.4) is 0 Å². The molecule has 0 spiro atoms. The Kier molecular flexibility index (Phi) is 6.37. The van der Waals surface area contributed by atoms with E-state index in [0.29, 0.717) is 26.2 Å². The second kappa shape index (κ2) is 8.32. The maximum Gasteiger partial charge on any atom is 0.573 e. The molecule has 1 aliphatic heterocycles. The number of hydrogen-bond acceptors (Lipinski definition) is 7. The van der Waals surface area contributed by atoms with E-state index < -0.39 is 34.3 Å². The number of nitro groups is 1. The summed E-state index contributed by atoms with van der Waals surface area (Å²) in [6, 6.07) is 1.66. The van der Waals surface area contributed by atoms with E-state index in [1.807, 2.05) is 4.90 Å². The van der Waals surface area contributed by atoms with Crippen molar-refractivity contribution in [3.05, 3.63) is 33.4 Å². The molecule has 0 atom stereocenters. The molecular formula is C15H18F3N3O5. The normalized spacial score (nSPS) is 15.5. The number of nitrogens with zero attached hydrogens (tertiary/aromatic N) is 2. The van der Waals surface area contributed by atoms with Gasteiger partial charge in [0.1, 0.15) is 11.3 Å². The molecule has 1 aliphatic rings. The zero-order chi connectivity index (χ0) is 19.3. The molecule has 144 valence electrons. The highest BCUT2D eigenvalue weighted by atomic mass is 19.4. The van der Waals surface area contributed by atoms with Crippen molar-refractivity contribution in [2.45, 2.75) is 19.8 Å². The number of halogens is 3. The Morgan fingerprint density at radius 3 is 2.54 bits per heavy atom. The summed E-state index contributed by atoms with van der Waals surface area (Å²) in [7, 11) is 0. The molecule has 1 fully saturated rings. The molecule has 0 aliphatic carbocycles. The van der Waals surface area contributed by atoms with E-state index in [1.54, 1.807) is 0 Å². The quantitative estimate of drug-likeness (QED) is 0.461. The SMILES string of the molecule is CCOC(=O)c1cc(OC(F)(F)F)c(CN2CCNCC2)cc1[N+](=O)[O-]. The Hall–Kier alpha value is -2.40. The standard InChI is InChI=1S/C15H18F3N3O5/c1-2-25-14(22)11-8-13(26-15(16,17)18)10(7-12(11)21(23)24)9-20-5-3-19-4-6-20/h7-8,19H,2-6,9H2,1H3. The third kappa shape index (κ3) is 5.30. The van der Waals surface area contributed by atoms with E-state index in [-0.39, 0.29) is 18.7 Å². The molecule has 0 saturated carbocycles. The lowest BCUT2D eigenvalue weighted by atomic mass is 10.1. The molecule has 0 bridgehead atoms. The average molecular weight is 377 g/mol. The topological polar surface area (TPSA) is 93.9 Å². The summed E-state index contributed by atoms with van der Waals surface area (Å²) in [5.74, 6) is -1.73. The van der Waals surface area contributed by atoms with Crippen LogP contribution in [0, 0.1) is 10.1 Å². The van der Waals surface area contributed by atoms with Crippen LogP contribution in [0.15, 0.2) is 12.1 Å². The Bertz CT molecular complexity index is 675. The molecule has 2 rings (SSSR count). The van der Waals surface area contributed by atoms with Crippen LogP contribution in [0.2, 0.25) is 0 Å². The first-order valence-electron chi connectivity index (χ1n) is 7.88. The van der Waals surface area contributed by atoms with E-state index in [2.05, 4.69) is 10.1 Å². The lowest BCUT2D eigenvalue weighted by Crippen LogP contribution is -2.43. The molecule has 1 saturated heterocycles. The number of esters is 1. The number of nitro benzene ring substituents is 1. The molecule has 0 radical (unpaired) electrons. The van der Waals surface area contributed by atoms with Crippen molar-refractivity contribution in [1.29, 1.82) is 0 Å². The first-order chi connectivity index (χ1) is 12.2. The minimum atomic E-state index is -5.00. The summed E-state index contributed by atoms with van der Waals surface area (Å²) in [6.45, 7) is 3.87. The molecule has 1 aromatic carbocycles. The molecule has 0 aromatic heterocycles. The van der Waals surface area contributed by atoms with Gasteiger partial charge in [-0.2, -0.15) is 0 Å². The number of alkyl halides is 3. The summed E-state index contributed by atoms with van der Waals surface area (Å²) in [5.41, 5.74) is -1.23. The Balaban J connectivity index is 2.46. The lowest BCUT2D eigenvalue weighted by molar-refractivity contribution is -0.385. The van der Waals surface area contributed by atoms with Gasteiger partial charge in [-0.1, -0.05) is 0 Å². The molecule has 0 unspecified atom stereocenters. The Labute approximate surface area is 147 Å². The van der Waals surface area contributed by atoms with Crippen molar-refractivity contribution in [3.8, 4) is 5.75 Å². The Morgan fingerprint density at radius 2 is 2.00 bits per heavy atom. The van der Waals surface area contributed by atoms with E-state index in [0.717, 1.165) is 12.1 Å². The van der Waals surface area contributed by atoms with Crippen molar-refractivity contribution >= 4 is 11.7 Å². The van der Waals surface area contributed by atoms with Gasteiger partial charge < -0.3 is 14.8 Å². The van der Waals surface area contributed by atoms with Crippen molar-refractivity contribution in [3.63, 3.8) is 0 Å². The smallest absolute Gasteiger partial charge is 0.462 e. The van der Waals surface area contributed by atoms with Crippen molar-refractivity contribution in [1.82, 2.24) is 10.2 Å². The van der Waals surface area contributed by atoms with Crippen LogP contribution in [-0.2, 0) is 11.3 Å². The summed E-state index contributed by atoms with van der Waals surface area (Å²) < 4.78 is 46.9. The van der Waals surface area contributed by atoms with Gasteiger partial charge in [-0.05, 0) is 6.92 Å². The summed E-state index contributed by atoms with van der Waals surface area (Å²) >= 11 is 0. The maximum atomic E-state index is 12.7. The fourth-order valence-corrected chi connectivity index (χ4v) is 2.59.